The van der Waals surface area contributed by atoms with Crippen molar-refractivity contribution in [2.75, 3.05) is 16.8 Å². The summed E-state index contributed by atoms with van der Waals surface area (Å²) >= 11 is 0. The molecule has 3 heteroatoms. The molecule has 0 radical (unpaired) electrons. The molecule has 2 aromatic rings. The summed E-state index contributed by atoms with van der Waals surface area (Å²) < 4.78 is 13.1. The fraction of sp³-hybridized carbons (Fsp3) is 0.294. The smallest absolute Gasteiger partial charge is 0.123 e. The molecule has 0 spiro atoms. The van der Waals surface area contributed by atoms with Gasteiger partial charge in [0.1, 0.15) is 5.82 Å². The zero-order valence-corrected chi connectivity index (χ0v) is 11.8. The van der Waals surface area contributed by atoms with Gasteiger partial charge >= 0.3 is 0 Å². The van der Waals surface area contributed by atoms with E-state index < -0.39 is 0 Å². The Morgan fingerprint density at radius 1 is 1.10 bits per heavy atom. The molecule has 1 aliphatic heterocycles. The standard InChI is InChI=1S/C17H19FN2/c1-12(2)20-11-16(13-7-9-14(18)10-8-13)19-15-5-3-4-6-17(15)20/h3-10,12,16,19H,11H2,1-2H3. The Kier molecular flexibility index (Phi) is 3.35. The fourth-order valence-electron chi connectivity index (χ4n) is 2.75. The monoisotopic (exact) mass is 270 g/mol. The maximum absolute atomic E-state index is 13.1. The van der Waals surface area contributed by atoms with E-state index in [9.17, 15) is 4.39 Å². The fourth-order valence-corrected chi connectivity index (χ4v) is 2.75. The van der Waals surface area contributed by atoms with Crippen LogP contribution in [0.4, 0.5) is 15.8 Å². The first-order valence-electron chi connectivity index (χ1n) is 7.03. The number of nitrogens with zero attached hydrogens (tertiary/aromatic N) is 1. The number of anilines is 2. The minimum Gasteiger partial charge on any atom is -0.375 e. The van der Waals surface area contributed by atoms with E-state index in [2.05, 4.69) is 42.3 Å². The van der Waals surface area contributed by atoms with Gasteiger partial charge in [0, 0.05) is 12.6 Å². The first kappa shape index (κ1) is 13.0. The number of para-hydroxylation sites is 2. The van der Waals surface area contributed by atoms with Crippen molar-refractivity contribution in [3.8, 4) is 0 Å². The Hall–Kier alpha value is -2.03. The highest BCUT2D eigenvalue weighted by molar-refractivity contribution is 5.73. The second-order valence-corrected chi connectivity index (χ2v) is 5.51. The van der Waals surface area contributed by atoms with Crippen molar-refractivity contribution in [3.63, 3.8) is 0 Å². The van der Waals surface area contributed by atoms with E-state index in [-0.39, 0.29) is 11.9 Å². The third-order valence-corrected chi connectivity index (χ3v) is 3.82. The first-order valence-corrected chi connectivity index (χ1v) is 7.03. The molecule has 1 aliphatic rings. The highest BCUT2D eigenvalue weighted by Crippen LogP contribution is 2.36. The molecule has 0 aliphatic carbocycles. The van der Waals surface area contributed by atoms with Gasteiger partial charge in [-0.05, 0) is 43.7 Å². The number of fused-ring (bicyclic) bond motifs is 1. The molecule has 2 nitrogen and oxygen atoms in total. The summed E-state index contributed by atoms with van der Waals surface area (Å²) in [6.07, 6.45) is 0. The minimum absolute atomic E-state index is 0.188. The molecule has 20 heavy (non-hydrogen) atoms. The van der Waals surface area contributed by atoms with E-state index in [1.165, 1.54) is 17.8 Å². The van der Waals surface area contributed by atoms with Crippen LogP contribution in [0.1, 0.15) is 25.5 Å². The van der Waals surface area contributed by atoms with Crippen LogP contribution in [-0.2, 0) is 0 Å². The van der Waals surface area contributed by atoms with Crippen LogP contribution in [0.25, 0.3) is 0 Å². The van der Waals surface area contributed by atoms with Crippen LogP contribution in [0.5, 0.6) is 0 Å². The first-order chi connectivity index (χ1) is 9.65. The van der Waals surface area contributed by atoms with Crippen LogP contribution >= 0.6 is 0 Å². The topological polar surface area (TPSA) is 15.3 Å². The number of hydrogen-bond donors (Lipinski definition) is 1. The van der Waals surface area contributed by atoms with Crippen LogP contribution in [0.2, 0.25) is 0 Å². The number of nitrogens with one attached hydrogen (secondary N) is 1. The molecule has 1 heterocycles. The third kappa shape index (κ3) is 2.36. The lowest BCUT2D eigenvalue weighted by atomic mass is 10.0. The summed E-state index contributed by atoms with van der Waals surface area (Å²) in [6.45, 7) is 5.29. The van der Waals surface area contributed by atoms with Crippen LogP contribution < -0.4 is 10.2 Å². The van der Waals surface area contributed by atoms with Crippen molar-refractivity contribution in [1.82, 2.24) is 0 Å². The van der Waals surface area contributed by atoms with Crippen LogP contribution in [0.3, 0.4) is 0 Å². The Balaban J connectivity index is 1.95. The molecule has 0 saturated carbocycles. The number of halogens is 1. The molecule has 2 aromatic carbocycles. The van der Waals surface area contributed by atoms with Crippen molar-refractivity contribution >= 4 is 11.4 Å². The molecular formula is C17H19FN2. The van der Waals surface area contributed by atoms with Gasteiger partial charge in [-0.2, -0.15) is 0 Å². The van der Waals surface area contributed by atoms with E-state index >= 15 is 0 Å². The van der Waals surface area contributed by atoms with Gasteiger partial charge in [0.05, 0.1) is 17.4 Å². The van der Waals surface area contributed by atoms with Gasteiger partial charge in [0.15, 0.2) is 0 Å². The quantitative estimate of drug-likeness (QED) is 0.879. The van der Waals surface area contributed by atoms with Gasteiger partial charge in [-0.15, -0.1) is 0 Å². The molecule has 0 saturated heterocycles. The highest BCUT2D eigenvalue weighted by atomic mass is 19.1. The maximum atomic E-state index is 13.1. The predicted octanol–water partition coefficient (Wildman–Crippen LogP) is 4.21. The molecule has 0 bridgehead atoms. The van der Waals surface area contributed by atoms with Crippen LogP contribution in [0.15, 0.2) is 48.5 Å². The predicted molar refractivity (Wildman–Crippen MR) is 81.7 cm³/mol. The second kappa shape index (κ2) is 5.16. The SMILES string of the molecule is CC(C)N1CC(c2ccc(F)cc2)Nc2ccccc21. The van der Waals surface area contributed by atoms with Gasteiger partial charge in [-0.3, -0.25) is 0 Å². The van der Waals surface area contributed by atoms with Gasteiger partial charge in [0.25, 0.3) is 0 Å². The van der Waals surface area contributed by atoms with Gasteiger partial charge < -0.3 is 10.2 Å². The number of hydrogen-bond acceptors (Lipinski definition) is 2. The molecular weight excluding hydrogens is 251 g/mol. The van der Waals surface area contributed by atoms with E-state index in [1.807, 2.05) is 18.2 Å². The third-order valence-electron chi connectivity index (χ3n) is 3.82. The summed E-state index contributed by atoms with van der Waals surface area (Å²) in [5.41, 5.74) is 3.49. The summed E-state index contributed by atoms with van der Waals surface area (Å²) in [7, 11) is 0. The van der Waals surface area contributed by atoms with Gasteiger partial charge in [-0.1, -0.05) is 24.3 Å². The molecule has 1 atom stereocenters. The summed E-state index contributed by atoms with van der Waals surface area (Å²) in [5.74, 6) is -0.189. The second-order valence-electron chi connectivity index (χ2n) is 5.51. The summed E-state index contributed by atoms with van der Waals surface area (Å²) in [6, 6.07) is 15.7. The molecule has 1 unspecified atom stereocenters. The van der Waals surface area contributed by atoms with Crippen LogP contribution in [-0.4, -0.2) is 12.6 Å². The molecule has 3 rings (SSSR count). The molecule has 1 N–H and O–H groups in total. The number of benzene rings is 2. The normalized spacial score (nSPS) is 17.8. The lowest BCUT2D eigenvalue weighted by Gasteiger charge is -2.40. The largest absolute Gasteiger partial charge is 0.375 e. The van der Waals surface area contributed by atoms with Crippen LogP contribution in [0, 0.1) is 5.82 Å². The lowest BCUT2D eigenvalue weighted by molar-refractivity contribution is 0.609. The number of rotatable bonds is 2. The molecule has 0 aromatic heterocycles. The van der Waals surface area contributed by atoms with Gasteiger partial charge in [-0.25, -0.2) is 4.39 Å². The zero-order valence-electron chi connectivity index (χ0n) is 11.8. The highest BCUT2D eigenvalue weighted by Gasteiger charge is 2.25. The van der Waals surface area contributed by atoms with E-state index in [1.54, 1.807) is 0 Å². The van der Waals surface area contributed by atoms with Crippen molar-refractivity contribution in [3.05, 3.63) is 59.9 Å². The maximum Gasteiger partial charge on any atom is 0.123 e. The molecule has 0 amide bonds. The Bertz CT molecular complexity index is 592. The summed E-state index contributed by atoms with van der Waals surface area (Å²) in [5, 5.41) is 3.55. The summed E-state index contributed by atoms with van der Waals surface area (Å²) in [4.78, 5) is 2.39. The lowest BCUT2D eigenvalue weighted by Crippen LogP contribution is -2.40. The van der Waals surface area contributed by atoms with E-state index in [0.717, 1.165) is 17.8 Å². The minimum atomic E-state index is -0.189. The Morgan fingerprint density at radius 2 is 1.80 bits per heavy atom. The van der Waals surface area contributed by atoms with Crippen molar-refractivity contribution in [1.29, 1.82) is 0 Å². The van der Waals surface area contributed by atoms with Crippen molar-refractivity contribution in [2.24, 2.45) is 0 Å². The molecule has 104 valence electrons. The zero-order chi connectivity index (χ0) is 14.1. The average molecular weight is 270 g/mol. The average Bonchev–Trinajstić information content (AvgIpc) is 2.46. The van der Waals surface area contributed by atoms with Crippen molar-refractivity contribution in [2.45, 2.75) is 25.9 Å². The van der Waals surface area contributed by atoms with E-state index in [4.69, 9.17) is 0 Å². The Labute approximate surface area is 119 Å². The molecule has 0 fully saturated rings. The van der Waals surface area contributed by atoms with Crippen molar-refractivity contribution < 1.29 is 4.39 Å². The van der Waals surface area contributed by atoms with E-state index in [0.29, 0.717) is 6.04 Å². The Morgan fingerprint density at radius 3 is 2.50 bits per heavy atom. The van der Waals surface area contributed by atoms with Gasteiger partial charge in [0.2, 0.25) is 0 Å².